The smallest absolute Gasteiger partial charge is 0.415 e. The summed E-state index contributed by atoms with van der Waals surface area (Å²) in [4.78, 5) is 80.9. The molecule has 6 aromatic carbocycles. The minimum atomic E-state index is -0.651. The number of ether oxygens (including phenoxy) is 4. The summed E-state index contributed by atoms with van der Waals surface area (Å²) in [5.41, 5.74) is 10.1. The molecule has 2 saturated heterocycles. The Morgan fingerprint density at radius 3 is 1.59 bits per heavy atom. The first-order chi connectivity index (χ1) is 39.5. The number of pyridine rings is 2. The summed E-state index contributed by atoms with van der Waals surface area (Å²) in [5.74, 6) is -1.05. The van der Waals surface area contributed by atoms with Gasteiger partial charge in [-0.25, -0.2) is 23.2 Å². The Labute approximate surface area is 476 Å². The van der Waals surface area contributed by atoms with E-state index in [1.54, 1.807) is 80.4 Å². The number of likely N-dealkylation sites (tertiary alicyclic amines) is 2. The average Bonchev–Trinajstić information content (AvgIpc) is 3.77. The summed E-state index contributed by atoms with van der Waals surface area (Å²) in [5, 5.41) is 14.5. The van der Waals surface area contributed by atoms with Gasteiger partial charge in [0.1, 0.15) is 45.9 Å². The number of carbonyl (C=O) groups is 5. The quantitative estimate of drug-likeness (QED) is 0.110. The van der Waals surface area contributed by atoms with Gasteiger partial charge in [0, 0.05) is 79.6 Å². The highest BCUT2D eigenvalue weighted by Gasteiger charge is 2.41. The predicted molar refractivity (Wildman–Crippen MR) is 304 cm³/mol. The van der Waals surface area contributed by atoms with Crippen molar-refractivity contribution in [1.29, 1.82) is 0 Å². The second kappa shape index (κ2) is 23.4. The second-order valence-corrected chi connectivity index (χ2v) is 21.4. The molecule has 2 aromatic heterocycles. The predicted octanol–water partition coefficient (Wildman–Crippen LogP) is 10.4. The van der Waals surface area contributed by atoms with Crippen LogP contribution in [0.3, 0.4) is 0 Å². The maximum Gasteiger partial charge on any atom is 0.415 e. The molecular weight excluding hydrogens is 1070 g/mol. The fraction of sp³-hybridized carbons (Fsp3) is 0.254. The van der Waals surface area contributed by atoms with Gasteiger partial charge in [0.15, 0.2) is 11.5 Å². The van der Waals surface area contributed by atoms with Gasteiger partial charge < -0.3 is 54.7 Å². The second-order valence-electron chi connectivity index (χ2n) is 21.4. The molecule has 2 fully saturated rings. The number of halogens is 2. The fourth-order valence-electron chi connectivity index (χ4n) is 10.3. The van der Waals surface area contributed by atoms with Crippen molar-refractivity contribution in [3.63, 3.8) is 0 Å². The van der Waals surface area contributed by atoms with Gasteiger partial charge in [0.25, 0.3) is 11.8 Å². The van der Waals surface area contributed by atoms with E-state index in [1.807, 2.05) is 60.7 Å². The molecule has 4 aliphatic heterocycles. The number of fused-ring (bicyclic) bond motifs is 4. The van der Waals surface area contributed by atoms with E-state index >= 15 is 0 Å². The van der Waals surface area contributed by atoms with Crippen LogP contribution in [0.25, 0.3) is 21.8 Å². The third-order valence-electron chi connectivity index (χ3n) is 14.3. The third kappa shape index (κ3) is 11.9. The molecule has 426 valence electrons. The minimum Gasteiger partial charge on any atom is -0.505 e. The Bertz CT molecular complexity index is 3720. The van der Waals surface area contributed by atoms with Gasteiger partial charge >= 0.3 is 18.3 Å². The van der Waals surface area contributed by atoms with Crippen molar-refractivity contribution < 1.29 is 56.8 Å². The van der Waals surface area contributed by atoms with E-state index in [4.69, 9.17) is 24.7 Å². The molecule has 0 aliphatic carbocycles. The molecule has 0 saturated carbocycles. The molecule has 0 atom stereocenters. The molecule has 8 aromatic rings. The molecule has 0 unspecified atom stereocenters. The zero-order valence-electron chi connectivity index (χ0n) is 44.9. The van der Waals surface area contributed by atoms with Crippen molar-refractivity contribution in [1.82, 2.24) is 34.9 Å². The SMILES string of the molecule is C.CC(C)(C)OC(=O)NC1CN(C(=O)Oc2c3c(c(OC(c4ccccc4)c4ccccc4)c4ncccc24)C(=O)N(Cc2ccc(F)cc2)C3)C1.NC1CN(C(=O)Oc2c3c(c(O)c4ncccc24)C(=O)N(Cc2ccc(F)cc2)C3)C1. The van der Waals surface area contributed by atoms with Crippen LogP contribution in [0.2, 0.25) is 0 Å². The number of amides is 5. The third-order valence-corrected chi connectivity index (χ3v) is 14.3. The number of aromatic nitrogens is 2. The number of phenols is 1. The van der Waals surface area contributed by atoms with Crippen molar-refractivity contribution in [3.05, 3.63) is 202 Å². The van der Waals surface area contributed by atoms with E-state index < -0.39 is 35.9 Å². The Kier molecular flexibility index (Phi) is 16.0. The molecule has 0 bridgehead atoms. The highest BCUT2D eigenvalue weighted by molar-refractivity contribution is 6.10. The van der Waals surface area contributed by atoms with Gasteiger partial charge in [-0.2, -0.15) is 0 Å². The van der Waals surface area contributed by atoms with Gasteiger partial charge in [0.05, 0.1) is 30.3 Å². The maximum absolute atomic E-state index is 14.4. The summed E-state index contributed by atoms with van der Waals surface area (Å²) in [7, 11) is 0. The summed E-state index contributed by atoms with van der Waals surface area (Å²) < 4.78 is 51.0. The van der Waals surface area contributed by atoms with Crippen LogP contribution in [0.4, 0.5) is 23.2 Å². The van der Waals surface area contributed by atoms with Gasteiger partial charge in [-0.15, -0.1) is 0 Å². The Balaban J connectivity index is 0.000000205. The van der Waals surface area contributed by atoms with Crippen LogP contribution in [0, 0.1) is 11.6 Å². The highest BCUT2D eigenvalue weighted by Crippen LogP contribution is 2.48. The maximum atomic E-state index is 14.4. The fourth-order valence-corrected chi connectivity index (χ4v) is 10.3. The van der Waals surface area contributed by atoms with Crippen LogP contribution in [-0.2, 0) is 30.9 Å². The van der Waals surface area contributed by atoms with Crippen molar-refractivity contribution in [2.45, 2.75) is 78.2 Å². The Hall–Kier alpha value is -9.69. The molecule has 0 radical (unpaired) electrons. The van der Waals surface area contributed by atoms with E-state index in [0.29, 0.717) is 40.5 Å². The highest BCUT2D eigenvalue weighted by atomic mass is 19.1. The lowest BCUT2D eigenvalue weighted by Crippen LogP contribution is -2.61. The van der Waals surface area contributed by atoms with Gasteiger partial charge in [-0.3, -0.25) is 19.6 Å². The van der Waals surface area contributed by atoms with Crippen molar-refractivity contribution in [2.24, 2.45) is 5.73 Å². The lowest BCUT2D eigenvalue weighted by molar-refractivity contribution is 0.0407. The molecular formula is C63H60F2N8O10. The molecule has 83 heavy (non-hydrogen) atoms. The topological polar surface area (TPSA) is 219 Å². The monoisotopic (exact) mass is 1130 g/mol. The molecule has 0 spiro atoms. The van der Waals surface area contributed by atoms with Crippen molar-refractivity contribution in [2.75, 3.05) is 26.2 Å². The number of hydrogen-bond acceptors (Lipinski definition) is 13. The zero-order chi connectivity index (χ0) is 57.4. The zero-order valence-corrected chi connectivity index (χ0v) is 44.9. The number of alkyl carbamates (subject to hydrolysis) is 1. The van der Waals surface area contributed by atoms with E-state index in [9.17, 15) is 37.9 Å². The Morgan fingerprint density at radius 1 is 0.639 bits per heavy atom. The molecule has 20 heteroatoms. The summed E-state index contributed by atoms with van der Waals surface area (Å²) in [6, 6.07) is 37.7. The summed E-state index contributed by atoms with van der Waals surface area (Å²) in [6.07, 6.45) is 0.744. The standard InChI is InChI=1S/C40H37FN4O6.C22H19FN4O4.CH4/c1-40(2,3)51-38(47)43-29-22-45(23-29)39(48)50-35-30-15-10-20-42-33(30)36(49-34(26-11-6-4-7-12-26)27-13-8-5-9-14-27)32-31(35)24-44(37(32)46)21-25-16-18-28(41)19-17-25;23-13-5-3-12(4-6-13)8-26-11-16-17(21(26)29)19(28)18-15(2-1-7-25-18)20(16)31-22(30)27-9-14(24)10-27;/h4-20,29,34H,21-24H2,1-3H3,(H,43,47);1-7,14,28H,8-11,24H2;1H4. The normalized spacial score (nSPS) is 14.7. The van der Waals surface area contributed by atoms with Crippen LogP contribution in [-0.4, -0.2) is 109 Å². The number of benzene rings is 6. The van der Waals surface area contributed by atoms with Crippen LogP contribution in [0.5, 0.6) is 23.0 Å². The van der Waals surface area contributed by atoms with Crippen molar-refractivity contribution in [3.8, 4) is 23.0 Å². The minimum absolute atomic E-state index is 0. The molecule has 6 heterocycles. The first kappa shape index (κ1) is 56.6. The number of phenolic OH excluding ortho intramolecular Hbond substituents is 1. The van der Waals surface area contributed by atoms with Crippen LogP contribution >= 0.6 is 0 Å². The molecule has 4 aliphatic rings. The number of hydrogen-bond donors (Lipinski definition) is 3. The first-order valence-electron chi connectivity index (χ1n) is 26.5. The summed E-state index contributed by atoms with van der Waals surface area (Å²) in [6.45, 7) is 7.22. The van der Waals surface area contributed by atoms with Crippen molar-refractivity contribution >= 4 is 51.9 Å². The summed E-state index contributed by atoms with van der Waals surface area (Å²) >= 11 is 0. The number of nitrogens with two attached hydrogens (primary N) is 1. The first-order valence-corrected chi connectivity index (χ1v) is 26.5. The number of rotatable bonds is 11. The Morgan fingerprint density at radius 2 is 1.10 bits per heavy atom. The van der Waals surface area contributed by atoms with Crippen LogP contribution < -0.4 is 25.3 Å². The molecule has 12 rings (SSSR count). The van der Waals surface area contributed by atoms with Gasteiger partial charge in [0.2, 0.25) is 0 Å². The van der Waals surface area contributed by atoms with Gasteiger partial charge in [-0.05, 0) is 91.6 Å². The van der Waals surface area contributed by atoms with E-state index in [1.165, 1.54) is 45.2 Å². The molecule has 18 nitrogen and oxygen atoms in total. The number of aromatic hydroxyl groups is 1. The largest absolute Gasteiger partial charge is 0.505 e. The average molecular weight is 1130 g/mol. The van der Waals surface area contributed by atoms with Crippen LogP contribution in [0.15, 0.2) is 146 Å². The molecule has 4 N–H and O–H groups in total. The van der Waals surface area contributed by atoms with Crippen LogP contribution in [0.1, 0.15) is 88.4 Å². The number of carbonyl (C=O) groups excluding carboxylic acids is 5. The number of nitrogens with zero attached hydrogens (tertiary/aromatic N) is 6. The van der Waals surface area contributed by atoms with E-state index in [0.717, 1.165) is 22.3 Å². The molecule has 5 amide bonds. The lowest BCUT2D eigenvalue weighted by Gasteiger charge is -2.38. The van der Waals surface area contributed by atoms with E-state index in [-0.39, 0.29) is 116 Å². The van der Waals surface area contributed by atoms with E-state index in [2.05, 4.69) is 15.3 Å². The number of nitrogens with one attached hydrogen (secondary N) is 1. The lowest BCUT2D eigenvalue weighted by atomic mass is 9.99. The van der Waals surface area contributed by atoms with Gasteiger partial charge in [-0.1, -0.05) is 92.4 Å².